The molecule has 0 bridgehead atoms. The minimum atomic E-state index is -0.868. The summed E-state index contributed by atoms with van der Waals surface area (Å²) in [7, 11) is 4.62. The summed E-state index contributed by atoms with van der Waals surface area (Å²) in [5.74, 6) is 0.903. The van der Waals surface area contributed by atoms with Crippen molar-refractivity contribution >= 4 is 17.6 Å². The number of hydrogen-bond donors (Lipinski definition) is 3. The zero-order valence-electron chi connectivity index (χ0n) is 13.7. The average molecular weight is 321 g/mol. The van der Waals surface area contributed by atoms with Crippen LogP contribution in [-0.2, 0) is 4.79 Å². The van der Waals surface area contributed by atoms with E-state index in [2.05, 4.69) is 16.0 Å². The predicted octanol–water partition coefficient (Wildman–Crippen LogP) is 1.88. The van der Waals surface area contributed by atoms with Gasteiger partial charge in [0, 0.05) is 18.8 Å². The molecule has 0 heterocycles. The molecule has 0 aliphatic heterocycles. The number of anilines is 1. The smallest absolute Gasteiger partial charge is 0.315 e. The first-order valence-corrected chi connectivity index (χ1v) is 7.58. The van der Waals surface area contributed by atoms with Gasteiger partial charge in [-0.2, -0.15) is 0 Å². The Labute approximate surface area is 135 Å². The molecule has 2 rings (SSSR count). The summed E-state index contributed by atoms with van der Waals surface area (Å²) in [6.45, 7) is 0. The average Bonchev–Trinajstić information content (AvgIpc) is 3.04. The molecule has 0 aromatic heterocycles. The third-order valence-corrected chi connectivity index (χ3v) is 4.11. The van der Waals surface area contributed by atoms with Crippen LogP contribution >= 0.6 is 0 Å². The summed E-state index contributed by atoms with van der Waals surface area (Å²) < 4.78 is 10.4. The normalized spacial score (nSPS) is 15.6. The van der Waals surface area contributed by atoms with Gasteiger partial charge >= 0.3 is 6.03 Å². The highest BCUT2D eigenvalue weighted by atomic mass is 16.5. The molecule has 0 atom stereocenters. The Kier molecular flexibility index (Phi) is 5.31. The van der Waals surface area contributed by atoms with E-state index in [1.165, 1.54) is 14.2 Å². The number of benzene rings is 1. The maximum atomic E-state index is 12.7. The topological polar surface area (TPSA) is 88.7 Å². The SMILES string of the molecule is CNC(=O)NC1(C(=O)Nc2ccc(OC)c(OC)c2)CCCC1. The van der Waals surface area contributed by atoms with Crippen LogP contribution in [-0.4, -0.2) is 38.7 Å². The molecule has 0 spiro atoms. The molecule has 1 aliphatic rings. The van der Waals surface area contributed by atoms with Crippen LogP contribution in [0.25, 0.3) is 0 Å². The van der Waals surface area contributed by atoms with Gasteiger partial charge in [-0.05, 0) is 25.0 Å². The lowest BCUT2D eigenvalue weighted by Gasteiger charge is -2.28. The zero-order chi connectivity index (χ0) is 16.9. The van der Waals surface area contributed by atoms with Crippen molar-refractivity contribution in [3.05, 3.63) is 18.2 Å². The molecule has 126 valence electrons. The van der Waals surface area contributed by atoms with Crippen molar-refractivity contribution in [3.63, 3.8) is 0 Å². The molecule has 3 N–H and O–H groups in total. The number of rotatable bonds is 5. The number of ether oxygens (including phenoxy) is 2. The number of methoxy groups -OCH3 is 2. The molecular weight excluding hydrogens is 298 g/mol. The van der Waals surface area contributed by atoms with Gasteiger partial charge in [-0.25, -0.2) is 4.79 Å². The van der Waals surface area contributed by atoms with E-state index in [0.717, 1.165) is 12.8 Å². The number of nitrogens with one attached hydrogen (secondary N) is 3. The quantitative estimate of drug-likeness (QED) is 0.772. The molecule has 0 unspecified atom stereocenters. The third-order valence-electron chi connectivity index (χ3n) is 4.11. The van der Waals surface area contributed by atoms with E-state index in [1.807, 2.05) is 0 Å². The monoisotopic (exact) mass is 321 g/mol. The Morgan fingerprint density at radius 1 is 1.09 bits per heavy atom. The van der Waals surface area contributed by atoms with Crippen molar-refractivity contribution in [2.45, 2.75) is 31.2 Å². The second-order valence-electron chi connectivity index (χ2n) is 5.52. The molecule has 3 amide bonds. The highest BCUT2D eigenvalue weighted by Crippen LogP contribution is 2.33. The van der Waals surface area contributed by atoms with Gasteiger partial charge in [0.25, 0.3) is 0 Å². The Morgan fingerprint density at radius 2 is 1.74 bits per heavy atom. The molecule has 7 nitrogen and oxygen atoms in total. The van der Waals surface area contributed by atoms with Crippen LogP contribution < -0.4 is 25.4 Å². The van der Waals surface area contributed by atoms with Gasteiger partial charge in [0.05, 0.1) is 14.2 Å². The van der Waals surface area contributed by atoms with Crippen LogP contribution in [0, 0.1) is 0 Å². The van der Waals surface area contributed by atoms with Crippen LogP contribution in [0.3, 0.4) is 0 Å². The summed E-state index contributed by atoms with van der Waals surface area (Å²) in [6, 6.07) is 4.80. The molecule has 0 radical (unpaired) electrons. The molecular formula is C16H23N3O4. The number of urea groups is 1. The second-order valence-corrected chi connectivity index (χ2v) is 5.52. The van der Waals surface area contributed by atoms with Gasteiger partial charge in [0.1, 0.15) is 5.54 Å². The van der Waals surface area contributed by atoms with Gasteiger partial charge in [-0.15, -0.1) is 0 Å². The first kappa shape index (κ1) is 16.9. The molecule has 1 saturated carbocycles. The van der Waals surface area contributed by atoms with Crippen molar-refractivity contribution in [1.29, 1.82) is 0 Å². The van der Waals surface area contributed by atoms with Gasteiger partial charge < -0.3 is 25.4 Å². The standard InChI is InChI=1S/C16H23N3O4/c1-17-15(21)19-16(8-4-5-9-16)14(20)18-11-6-7-12(22-2)13(10-11)23-3/h6-7,10H,4-5,8-9H2,1-3H3,(H,18,20)(H2,17,19,21). The Morgan fingerprint density at radius 3 is 2.30 bits per heavy atom. The van der Waals surface area contributed by atoms with E-state index in [9.17, 15) is 9.59 Å². The highest BCUT2D eigenvalue weighted by molar-refractivity contribution is 6.00. The maximum absolute atomic E-state index is 12.7. The van der Waals surface area contributed by atoms with Gasteiger partial charge in [-0.1, -0.05) is 12.8 Å². The van der Waals surface area contributed by atoms with E-state index in [0.29, 0.717) is 30.0 Å². The molecule has 1 aromatic carbocycles. The van der Waals surface area contributed by atoms with Crippen LogP contribution in [0.5, 0.6) is 11.5 Å². The molecule has 1 aromatic rings. The minimum absolute atomic E-state index is 0.217. The van der Waals surface area contributed by atoms with Crippen molar-refractivity contribution in [3.8, 4) is 11.5 Å². The van der Waals surface area contributed by atoms with Crippen LogP contribution in [0.1, 0.15) is 25.7 Å². The number of carbonyl (C=O) groups excluding carboxylic acids is 2. The van der Waals surface area contributed by atoms with Crippen molar-refractivity contribution in [1.82, 2.24) is 10.6 Å². The first-order valence-electron chi connectivity index (χ1n) is 7.58. The Hall–Kier alpha value is -2.44. The molecule has 1 aliphatic carbocycles. The predicted molar refractivity (Wildman–Crippen MR) is 87.0 cm³/mol. The molecule has 0 saturated heterocycles. The lowest BCUT2D eigenvalue weighted by molar-refractivity contribution is -0.121. The van der Waals surface area contributed by atoms with E-state index >= 15 is 0 Å². The van der Waals surface area contributed by atoms with Gasteiger partial charge in [-0.3, -0.25) is 4.79 Å². The number of carbonyl (C=O) groups is 2. The summed E-state index contributed by atoms with van der Waals surface area (Å²) in [5.41, 5.74) is -0.273. The Balaban J connectivity index is 2.17. The van der Waals surface area contributed by atoms with Gasteiger partial charge in [0.15, 0.2) is 11.5 Å². The van der Waals surface area contributed by atoms with Crippen molar-refractivity contribution in [2.24, 2.45) is 0 Å². The summed E-state index contributed by atoms with van der Waals surface area (Å²) >= 11 is 0. The van der Waals surface area contributed by atoms with Crippen LogP contribution in [0.15, 0.2) is 18.2 Å². The molecule has 23 heavy (non-hydrogen) atoms. The van der Waals surface area contributed by atoms with Crippen LogP contribution in [0.2, 0.25) is 0 Å². The van der Waals surface area contributed by atoms with Gasteiger partial charge in [0.2, 0.25) is 5.91 Å². The van der Waals surface area contributed by atoms with E-state index < -0.39 is 5.54 Å². The van der Waals surface area contributed by atoms with Crippen LogP contribution in [0.4, 0.5) is 10.5 Å². The summed E-state index contributed by atoms with van der Waals surface area (Å²) in [5, 5.41) is 8.16. The van der Waals surface area contributed by atoms with E-state index in [4.69, 9.17) is 9.47 Å². The number of amides is 3. The zero-order valence-corrected chi connectivity index (χ0v) is 13.7. The summed E-state index contributed by atoms with van der Waals surface area (Å²) in [6.07, 6.45) is 3.06. The van der Waals surface area contributed by atoms with E-state index in [-0.39, 0.29) is 11.9 Å². The highest BCUT2D eigenvalue weighted by Gasteiger charge is 2.42. The minimum Gasteiger partial charge on any atom is -0.493 e. The fourth-order valence-corrected chi connectivity index (χ4v) is 2.83. The van der Waals surface area contributed by atoms with Crippen molar-refractivity contribution in [2.75, 3.05) is 26.6 Å². The fourth-order valence-electron chi connectivity index (χ4n) is 2.83. The number of hydrogen-bond acceptors (Lipinski definition) is 4. The third kappa shape index (κ3) is 3.67. The largest absolute Gasteiger partial charge is 0.493 e. The lowest BCUT2D eigenvalue weighted by atomic mass is 9.96. The first-order chi connectivity index (χ1) is 11.0. The van der Waals surface area contributed by atoms with E-state index in [1.54, 1.807) is 25.3 Å². The van der Waals surface area contributed by atoms with Crippen molar-refractivity contribution < 1.29 is 19.1 Å². The second kappa shape index (κ2) is 7.21. The fraction of sp³-hybridized carbons (Fsp3) is 0.500. The summed E-state index contributed by atoms with van der Waals surface area (Å²) in [4.78, 5) is 24.4. The Bertz CT molecular complexity index is 583. The maximum Gasteiger partial charge on any atom is 0.315 e. The molecule has 7 heteroatoms. The lowest BCUT2D eigenvalue weighted by Crippen LogP contribution is -2.57. The molecule has 1 fully saturated rings.